The van der Waals surface area contributed by atoms with E-state index in [0.29, 0.717) is 25.7 Å². The first-order chi connectivity index (χ1) is 9.02. The SMILES string of the molecule is N#CCc1cc(Cl)ccc1-c1c(Cl)cc(Cl)cc1Cl. The summed E-state index contributed by atoms with van der Waals surface area (Å²) < 4.78 is 0. The third-order valence-corrected chi connectivity index (χ3v) is 3.66. The monoisotopic (exact) mass is 329 g/mol. The third-order valence-electron chi connectivity index (χ3n) is 2.61. The summed E-state index contributed by atoms with van der Waals surface area (Å²) in [7, 11) is 0. The fraction of sp³-hybridized carbons (Fsp3) is 0.0714. The molecule has 0 bridgehead atoms. The second-order valence-corrected chi connectivity index (χ2v) is 5.57. The summed E-state index contributed by atoms with van der Waals surface area (Å²) in [5.41, 5.74) is 2.23. The molecule has 2 rings (SSSR count). The summed E-state index contributed by atoms with van der Waals surface area (Å²) in [5, 5.41) is 10.8. The topological polar surface area (TPSA) is 23.8 Å². The number of hydrogen-bond acceptors (Lipinski definition) is 1. The van der Waals surface area contributed by atoms with Crippen LogP contribution >= 0.6 is 46.4 Å². The molecule has 0 N–H and O–H groups in total. The van der Waals surface area contributed by atoms with E-state index in [0.717, 1.165) is 11.1 Å². The van der Waals surface area contributed by atoms with Crippen molar-refractivity contribution in [1.82, 2.24) is 0 Å². The minimum absolute atomic E-state index is 0.227. The standard InChI is InChI=1S/C14H7Cl4N/c15-9-1-2-11(8(5-9)3-4-19)14-12(17)6-10(16)7-13(14)18/h1-2,5-7H,3H2. The molecule has 0 saturated carbocycles. The Kier molecular flexibility index (Phi) is 4.60. The molecule has 0 fully saturated rings. The summed E-state index contributed by atoms with van der Waals surface area (Å²) in [6, 6.07) is 10.6. The van der Waals surface area contributed by atoms with Gasteiger partial charge in [0.1, 0.15) is 0 Å². The Balaban J connectivity index is 2.69. The van der Waals surface area contributed by atoms with Crippen LogP contribution in [0.2, 0.25) is 20.1 Å². The second-order valence-electron chi connectivity index (χ2n) is 3.88. The van der Waals surface area contributed by atoms with Gasteiger partial charge in [-0.2, -0.15) is 5.26 Å². The molecule has 0 aliphatic carbocycles. The zero-order chi connectivity index (χ0) is 14.0. The first-order valence-corrected chi connectivity index (χ1v) is 6.84. The molecule has 19 heavy (non-hydrogen) atoms. The third kappa shape index (κ3) is 3.16. The molecular formula is C14H7Cl4N. The van der Waals surface area contributed by atoms with Crippen LogP contribution in [0.1, 0.15) is 5.56 Å². The van der Waals surface area contributed by atoms with Crippen molar-refractivity contribution in [2.24, 2.45) is 0 Å². The molecule has 0 aromatic heterocycles. The lowest BCUT2D eigenvalue weighted by atomic mass is 9.98. The van der Waals surface area contributed by atoms with Gasteiger partial charge in [0.25, 0.3) is 0 Å². The van der Waals surface area contributed by atoms with Crippen LogP contribution in [-0.2, 0) is 6.42 Å². The van der Waals surface area contributed by atoms with Crippen molar-refractivity contribution in [3.8, 4) is 17.2 Å². The van der Waals surface area contributed by atoms with Crippen LogP contribution in [0.5, 0.6) is 0 Å². The van der Waals surface area contributed by atoms with Gasteiger partial charge in [-0.15, -0.1) is 0 Å². The number of benzene rings is 2. The lowest BCUT2D eigenvalue weighted by Crippen LogP contribution is -1.91. The van der Waals surface area contributed by atoms with E-state index in [2.05, 4.69) is 6.07 Å². The lowest BCUT2D eigenvalue weighted by Gasteiger charge is -2.12. The highest BCUT2D eigenvalue weighted by Gasteiger charge is 2.14. The molecule has 1 nitrogen and oxygen atoms in total. The van der Waals surface area contributed by atoms with E-state index in [9.17, 15) is 0 Å². The first-order valence-electron chi connectivity index (χ1n) is 5.33. The van der Waals surface area contributed by atoms with Gasteiger partial charge >= 0.3 is 0 Å². The molecule has 0 aliphatic rings. The molecule has 5 heteroatoms. The van der Waals surface area contributed by atoms with Crippen molar-refractivity contribution in [3.05, 3.63) is 56.0 Å². The predicted molar refractivity (Wildman–Crippen MR) is 81.2 cm³/mol. The minimum Gasteiger partial charge on any atom is -0.198 e. The Hall–Kier alpha value is -0.910. The van der Waals surface area contributed by atoms with Gasteiger partial charge < -0.3 is 0 Å². The predicted octanol–water partition coefficient (Wildman–Crippen LogP) is 6.03. The second kappa shape index (κ2) is 6.03. The van der Waals surface area contributed by atoms with Gasteiger partial charge in [0.2, 0.25) is 0 Å². The molecule has 0 aliphatic heterocycles. The van der Waals surface area contributed by atoms with Crippen molar-refractivity contribution in [2.45, 2.75) is 6.42 Å². The average molecular weight is 331 g/mol. The number of nitriles is 1. The van der Waals surface area contributed by atoms with Gasteiger partial charge in [-0.3, -0.25) is 0 Å². The van der Waals surface area contributed by atoms with Crippen LogP contribution in [0.4, 0.5) is 0 Å². The normalized spacial score (nSPS) is 10.3. The minimum atomic E-state index is 0.227. The van der Waals surface area contributed by atoms with Crippen LogP contribution in [0, 0.1) is 11.3 Å². The molecule has 0 spiro atoms. The number of nitrogens with zero attached hydrogens (tertiary/aromatic N) is 1. The van der Waals surface area contributed by atoms with Crippen molar-refractivity contribution >= 4 is 46.4 Å². The molecule has 0 amide bonds. The Bertz CT molecular complexity index is 651. The smallest absolute Gasteiger partial charge is 0.0669 e. The van der Waals surface area contributed by atoms with E-state index in [1.54, 1.807) is 30.3 Å². The van der Waals surface area contributed by atoms with E-state index in [4.69, 9.17) is 51.7 Å². The summed E-state index contributed by atoms with van der Waals surface area (Å²) in [5.74, 6) is 0. The highest BCUT2D eigenvalue weighted by Crippen LogP contribution is 2.39. The fourth-order valence-corrected chi connectivity index (χ4v) is 3.05. The molecule has 0 unspecified atom stereocenters. The highest BCUT2D eigenvalue weighted by molar-refractivity contribution is 6.42. The average Bonchev–Trinajstić information content (AvgIpc) is 2.31. The molecular weight excluding hydrogens is 324 g/mol. The van der Waals surface area contributed by atoms with Gasteiger partial charge in [-0.25, -0.2) is 0 Å². The fourth-order valence-electron chi connectivity index (χ4n) is 1.84. The Morgan fingerprint density at radius 1 is 0.895 bits per heavy atom. The van der Waals surface area contributed by atoms with Gasteiger partial charge in [0.05, 0.1) is 22.5 Å². The summed E-state index contributed by atoms with van der Waals surface area (Å²) in [6.45, 7) is 0. The Labute approximate surface area is 131 Å². The maximum Gasteiger partial charge on any atom is 0.0669 e. The van der Waals surface area contributed by atoms with Crippen molar-refractivity contribution in [2.75, 3.05) is 0 Å². The summed E-state index contributed by atoms with van der Waals surface area (Å²) in [6.07, 6.45) is 0.227. The van der Waals surface area contributed by atoms with Crippen LogP contribution in [0.25, 0.3) is 11.1 Å². The van der Waals surface area contributed by atoms with Crippen LogP contribution in [-0.4, -0.2) is 0 Å². The largest absolute Gasteiger partial charge is 0.198 e. The van der Waals surface area contributed by atoms with Gasteiger partial charge in [0, 0.05) is 15.6 Å². The molecule has 0 atom stereocenters. The van der Waals surface area contributed by atoms with Crippen molar-refractivity contribution in [1.29, 1.82) is 5.26 Å². The Morgan fingerprint density at radius 2 is 1.53 bits per heavy atom. The molecule has 96 valence electrons. The maximum absolute atomic E-state index is 8.88. The molecule has 2 aromatic carbocycles. The number of halogens is 4. The van der Waals surface area contributed by atoms with Gasteiger partial charge in [-0.1, -0.05) is 52.5 Å². The van der Waals surface area contributed by atoms with Crippen LogP contribution in [0.3, 0.4) is 0 Å². The number of rotatable bonds is 2. The quantitative estimate of drug-likeness (QED) is 0.659. The lowest BCUT2D eigenvalue weighted by molar-refractivity contribution is 1.26. The number of hydrogen-bond donors (Lipinski definition) is 0. The zero-order valence-corrected chi connectivity index (χ0v) is 12.6. The highest BCUT2D eigenvalue weighted by atomic mass is 35.5. The molecule has 2 aromatic rings. The van der Waals surface area contributed by atoms with Gasteiger partial charge in [0.15, 0.2) is 0 Å². The zero-order valence-electron chi connectivity index (χ0n) is 9.55. The maximum atomic E-state index is 8.88. The van der Waals surface area contributed by atoms with E-state index < -0.39 is 0 Å². The molecule has 0 heterocycles. The van der Waals surface area contributed by atoms with Crippen molar-refractivity contribution in [3.63, 3.8) is 0 Å². The van der Waals surface area contributed by atoms with E-state index in [1.807, 2.05) is 0 Å². The first kappa shape index (κ1) is 14.5. The summed E-state index contributed by atoms with van der Waals surface area (Å²) in [4.78, 5) is 0. The van der Waals surface area contributed by atoms with E-state index in [-0.39, 0.29) is 6.42 Å². The van der Waals surface area contributed by atoms with Crippen molar-refractivity contribution < 1.29 is 0 Å². The Morgan fingerprint density at radius 3 is 2.11 bits per heavy atom. The van der Waals surface area contributed by atoms with Gasteiger partial charge in [-0.05, 0) is 35.4 Å². The molecule has 0 radical (unpaired) electrons. The molecule has 0 saturated heterocycles. The van der Waals surface area contributed by atoms with Crippen LogP contribution in [0.15, 0.2) is 30.3 Å². The van der Waals surface area contributed by atoms with E-state index >= 15 is 0 Å². The summed E-state index contributed by atoms with van der Waals surface area (Å²) >= 11 is 24.2. The van der Waals surface area contributed by atoms with Crippen LogP contribution < -0.4 is 0 Å². The van der Waals surface area contributed by atoms with E-state index in [1.165, 1.54) is 0 Å².